The minimum atomic E-state index is -0.0160. The highest BCUT2D eigenvalue weighted by Crippen LogP contribution is 2.32. The fraction of sp³-hybridized carbons (Fsp3) is 0.833. The molecule has 4 nitrogen and oxygen atoms in total. The van der Waals surface area contributed by atoms with Gasteiger partial charge in [-0.2, -0.15) is 0 Å². The Morgan fingerprint density at radius 1 is 1.25 bits per heavy atom. The maximum atomic E-state index is 9.26. The predicted octanol–water partition coefficient (Wildman–Crippen LogP) is 2.40. The minimum Gasteiger partial charge on any atom is -0.388 e. The van der Waals surface area contributed by atoms with Crippen molar-refractivity contribution in [3.8, 4) is 0 Å². The fourth-order valence-electron chi connectivity index (χ4n) is 2.65. The van der Waals surface area contributed by atoms with Gasteiger partial charge in [-0.15, -0.1) is 10.2 Å². The average molecular weight is 223 g/mol. The highest BCUT2D eigenvalue weighted by atomic mass is 16.3. The largest absolute Gasteiger partial charge is 0.388 e. The van der Waals surface area contributed by atoms with Crippen LogP contribution < -0.4 is 0 Å². The molecule has 1 saturated carbocycles. The van der Waals surface area contributed by atoms with Gasteiger partial charge in [-0.1, -0.05) is 19.3 Å². The van der Waals surface area contributed by atoms with E-state index in [1.54, 1.807) is 0 Å². The third-order valence-electron chi connectivity index (χ3n) is 3.42. The lowest BCUT2D eigenvalue weighted by atomic mass is 9.88. The summed E-state index contributed by atoms with van der Waals surface area (Å²) in [6.07, 6.45) is 6.37. The molecule has 0 unspecified atom stereocenters. The second-order valence-corrected chi connectivity index (χ2v) is 4.93. The van der Waals surface area contributed by atoms with Crippen molar-refractivity contribution < 1.29 is 5.11 Å². The van der Waals surface area contributed by atoms with E-state index in [0.717, 1.165) is 5.82 Å². The van der Waals surface area contributed by atoms with E-state index >= 15 is 0 Å². The summed E-state index contributed by atoms with van der Waals surface area (Å²) >= 11 is 0. The summed E-state index contributed by atoms with van der Waals surface area (Å²) in [6, 6.07) is 0.328. The van der Waals surface area contributed by atoms with Gasteiger partial charge in [0.05, 0.1) is 0 Å². The Kier molecular flexibility index (Phi) is 3.59. The van der Waals surface area contributed by atoms with E-state index in [9.17, 15) is 5.11 Å². The quantitative estimate of drug-likeness (QED) is 0.856. The van der Waals surface area contributed by atoms with Crippen LogP contribution in [0.2, 0.25) is 0 Å². The molecule has 0 bridgehead atoms. The number of nitrogens with zero attached hydrogens (tertiary/aromatic N) is 3. The van der Waals surface area contributed by atoms with Crippen LogP contribution in [0.15, 0.2) is 0 Å². The zero-order chi connectivity index (χ0) is 11.5. The summed E-state index contributed by atoms with van der Waals surface area (Å²) in [5.41, 5.74) is 0. The van der Waals surface area contributed by atoms with Crippen LogP contribution in [-0.4, -0.2) is 19.9 Å². The van der Waals surface area contributed by atoms with Gasteiger partial charge in [0.25, 0.3) is 0 Å². The van der Waals surface area contributed by atoms with Gasteiger partial charge in [0.2, 0.25) is 0 Å². The summed E-state index contributed by atoms with van der Waals surface area (Å²) in [4.78, 5) is 0. The molecule has 1 aromatic rings. The Bertz CT molecular complexity index is 340. The second-order valence-electron chi connectivity index (χ2n) is 4.93. The van der Waals surface area contributed by atoms with Crippen molar-refractivity contribution in [1.82, 2.24) is 14.8 Å². The number of hydrogen-bond donors (Lipinski definition) is 1. The van der Waals surface area contributed by atoms with E-state index in [0.29, 0.717) is 17.8 Å². The summed E-state index contributed by atoms with van der Waals surface area (Å²) in [5.74, 6) is 2.33. The molecule has 0 aromatic carbocycles. The van der Waals surface area contributed by atoms with Gasteiger partial charge in [-0.3, -0.25) is 0 Å². The van der Waals surface area contributed by atoms with Crippen molar-refractivity contribution in [2.45, 2.75) is 64.5 Å². The topological polar surface area (TPSA) is 50.9 Å². The van der Waals surface area contributed by atoms with Crippen LogP contribution in [0.1, 0.15) is 69.6 Å². The number of hydrogen-bond acceptors (Lipinski definition) is 3. The molecule has 1 heterocycles. The molecule has 1 N–H and O–H groups in total. The van der Waals surface area contributed by atoms with E-state index in [1.807, 2.05) is 0 Å². The first-order chi connectivity index (χ1) is 7.74. The molecule has 0 radical (unpaired) electrons. The van der Waals surface area contributed by atoms with Crippen molar-refractivity contribution in [3.63, 3.8) is 0 Å². The molecular weight excluding hydrogens is 202 g/mol. The molecule has 0 aliphatic heterocycles. The molecule has 2 rings (SSSR count). The fourth-order valence-corrected chi connectivity index (χ4v) is 2.65. The van der Waals surface area contributed by atoms with Gasteiger partial charge in [0, 0.05) is 12.0 Å². The molecule has 4 heteroatoms. The Morgan fingerprint density at radius 2 is 1.94 bits per heavy atom. The molecule has 1 aromatic heterocycles. The second kappa shape index (κ2) is 4.95. The summed E-state index contributed by atoms with van der Waals surface area (Å²) < 4.78 is 2.11. The van der Waals surface area contributed by atoms with Gasteiger partial charge in [0.1, 0.15) is 12.4 Å². The lowest BCUT2D eigenvalue weighted by molar-refractivity contribution is 0.260. The summed E-state index contributed by atoms with van der Waals surface area (Å²) in [5, 5.41) is 17.6. The molecule has 0 saturated heterocycles. The molecule has 90 valence electrons. The van der Waals surface area contributed by atoms with E-state index in [4.69, 9.17) is 0 Å². The predicted molar refractivity (Wildman–Crippen MR) is 62.2 cm³/mol. The van der Waals surface area contributed by atoms with Crippen molar-refractivity contribution in [2.75, 3.05) is 0 Å². The van der Waals surface area contributed by atoms with Gasteiger partial charge >= 0.3 is 0 Å². The molecule has 16 heavy (non-hydrogen) atoms. The molecule has 1 fully saturated rings. The average Bonchev–Trinajstić information content (AvgIpc) is 2.73. The Morgan fingerprint density at radius 3 is 2.50 bits per heavy atom. The van der Waals surface area contributed by atoms with Crippen LogP contribution >= 0.6 is 0 Å². The SMILES string of the molecule is CC(C)n1c(CO)nnc1C1CCCCC1. The van der Waals surface area contributed by atoms with E-state index in [-0.39, 0.29) is 6.61 Å². The Labute approximate surface area is 96.7 Å². The standard InChI is InChI=1S/C12H21N3O/c1-9(2)15-11(8-16)13-14-12(15)10-6-4-3-5-7-10/h9-10,16H,3-8H2,1-2H3. The molecule has 0 atom stereocenters. The number of aromatic nitrogens is 3. The van der Waals surface area contributed by atoms with Crippen LogP contribution in [0.25, 0.3) is 0 Å². The van der Waals surface area contributed by atoms with Crippen molar-refractivity contribution in [3.05, 3.63) is 11.6 Å². The smallest absolute Gasteiger partial charge is 0.159 e. The lowest BCUT2D eigenvalue weighted by Crippen LogP contribution is -2.15. The normalized spacial score (nSPS) is 18.2. The van der Waals surface area contributed by atoms with Gasteiger partial charge in [-0.25, -0.2) is 0 Å². The van der Waals surface area contributed by atoms with Crippen LogP contribution in [0.4, 0.5) is 0 Å². The zero-order valence-electron chi connectivity index (χ0n) is 10.2. The highest BCUT2D eigenvalue weighted by Gasteiger charge is 2.23. The monoisotopic (exact) mass is 223 g/mol. The van der Waals surface area contributed by atoms with E-state index in [1.165, 1.54) is 32.1 Å². The lowest BCUT2D eigenvalue weighted by Gasteiger charge is -2.23. The zero-order valence-corrected chi connectivity index (χ0v) is 10.2. The highest BCUT2D eigenvalue weighted by molar-refractivity contribution is 5.04. The van der Waals surface area contributed by atoms with Crippen LogP contribution in [-0.2, 0) is 6.61 Å². The molecule has 0 amide bonds. The van der Waals surface area contributed by atoms with Crippen molar-refractivity contribution in [1.29, 1.82) is 0 Å². The number of rotatable bonds is 3. The third kappa shape index (κ3) is 2.12. The Balaban J connectivity index is 2.28. The maximum absolute atomic E-state index is 9.26. The number of aliphatic hydroxyl groups excluding tert-OH is 1. The first-order valence-corrected chi connectivity index (χ1v) is 6.28. The van der Waals surface area contributed by atoms with E-state index in [2.05, 4.69) is 28.6 Å². The first kappa shape index (κ1) is 11.6. The van der Waals surface area contributed by atoms with Crippen molar-refractivity contribution >= 4 is 0 Å². The van der Waals surface area contributed by atoms with Gasteiger partial charge in [-0.05, 0) is 26.7 Å². The van der Waals surface area contributed by atoms with Crippen LogP contribution in [0, 0.1) is 0 Å². The summed E-state index contributed by atoms with van der Waals surface area (Å²) in [7, 11) is 0. The minimum absolute atomic E-state index is 0.0160. The van der Waals surface area contributed by atoms with Crippen LogP contribution in [0.5, 0.6) is 0 Å². The molecule has 1 aliphatic rings. The third-order valence-corrected chi connectivity index (χ3v) is 3.42. The molecule has 0 spiro atoms. The molecule has 1 aliphatic carbocycles. The van der Waals surface area contributed by atoms with Gasteiger partial charge < -0.3 is 9.67 Å². The van der Waals surface area contributed by atoms with E-state index < -0.39 is 0 Å². The maximum Gasteiger partial charge on any atom is 0.159 e. The first-order valence-electron chi connectivity index (χ1n) is 6.28. The van der Waals surface area contributed by atoms with Crippen molar-refractivity contribution in [2.24, 2.45) is 0 Å². The number of aliphatic hydroxyl groups is 1. The van der Waals surface area contributed by atoms with Crippen LogP contribution in [0.3, 0.4) is 0 Å². The Hall–Kier alpha value is -0.900. The summed E-state index contributed by atoms with van der Waals surface area (Å²) in [6.45, 7) is 4.22. The molecular formula is C12H21N3O. The van der Waals surface area contributed by atoms with Gasteiger partial charge in [0.15, 0.2) is 5.82 Å².